The number of halogens is 3. The highest BCUT2D eigenvalue weighted by Gasteiger charge is 2.13. The van der Waals surface area contributed by atoms with Crippen LogP contribution >= 0.6 is 38.5 Å². The van der Waals surface area contributed by atoms with Crippen molar-refractivity contribution in [3.05, 3.63) is 67.5 Å². The van der Waals surface area contributed by atoms with Gasteiger partial charge in [-0.25, -0.2) is 4.39 Å². The van der Waals surface area contributed by atoms with Crippen molar-refractivity contribution < 1.29 is 4.39 Å². The number of hydrogen-bond acceptors (Lipinski definition) is 1. The molecule has 2 aromatic carbocycles. The smallest absolute Gasteiger partial charge is 0.128 e. The second kappa shape index (κ2) is 5.46. The third-order valence-corrected chi connectivity index (χ3v) is 3.73. The van der Waals surface area contributed by atoms with Gasteiger partial charge in [0.25, 0.3) is 0 Å². The van der Waals surface area contributed by atoms with E-state index in [4.69, 9.17) is 5.73 Å². The normalized spacial score (nSPS) is 12.5. The van der Waals surface area contributed by atoms with Gasteiger partial charge in [0.05, 0.1) is 6.04 Å². The zero-order valence-electron chi connectivity index (χ0n) is 8.83. The zero-order valence-corrected chi connectivity index (χ0v) is 12.6. The van der Waals surface area contributed by atoms with Crippen LogP contribution in [-0.2, 0) is 0 Å². The predicted octanol–water partition coefficient (Wildman–Crippen LogP) is 4.24. The molecule has 0 bridgehead atoms. The third kappa shape index (κ3) is 3.05. The fourth-order valence-corrected chi connectivity index (χ4v) is 2.34. The second-order valence-electron chi connectivity index (χ2n) is 3.70. The Labute approximate surface area is 121 Å². The Bertz CT molecular complexity index is 527. The van der Waals surface area contributed by atoms with Gasteiger partial charge in [-0.3, -0.25) is 0 Å². The summed E-state index contributed by atoms with van der Waals surface area (Å²) in [6, 6.07) is 12.1. The molecule has 1 unspecified atom stereocenters. The van der Waals surface area contributed by atoms with Crippen LogP contribution in [0.4, 0.5) is 4.39 Å². The van der Waals surface area contributed by atoms with Crippen LogP contribution in [0, 0.1) is 9.39 Å². The molecule has 0 aliphatic rings. The molecule has 0 fully saturated rings. The molecule has 0 aliphatic carbocycles. The van der Waals surface area contributed by atoms with E-state index in [-0.39, 0.29) is 5.82 Å². The van der Waals surface area contributed by atoms with Crippen molar-refractivity contribution in [3.63, 3.8) is 0 Å². The van der Waals surface area contributed by atoms with Gasteiger partial charge in [0.2, 0.25) is 0 Å². The first-order chi connectivity index (χ1) is 8.08. The molecule has 17 heavy (non-hydrogen) atoms. The summed E-state index contributed by atoms with van der Waals surface area (Å²) in [4.78, 5) is 0. The van der Waals surface area contributed by atoms with Crippen LogP contribution in [0.3, 0.4) is 0 Å². The molecule has 2 N–H and O–H groups in total. The van der Waals surface area contributed by atoms with Crippen molar-refractivity contribution in [2.24, 2.45) is 5.73 Å². The first-order valence-corrected chi connectivity index (χ1v) is 6.91. The lowest BCUT2D eigenvalue weighted by Gasteiger charge is -2.14. The van der Waals surface area contributed by atoms with Crippen molar-refractivity contribution in [1.82, 2.24) is 0 Å². The summed E-state index contributed by atoms with van der Waals surface area (Å²) >= 11 is 5.55. The van der Waals surface area contributed by atoms with E-state index < -0.39 is 6.04 Å². The molecule has 0 saturated carbocycles. The molecule has 2 rings (SSSR count). The summed E-state index contributed by atoms with van der Waals surface area (Å²) < 4.78 is 15.6. The molecule has 0 amide bonds. The van der Waals surface area contributed by atoms with Gasteiger partial charge >= 0.3 is 0 Å². The minimum absolute atomic E-state index is 0.278. The van der Waals surface area contributed by atoms with Crippen LogP contribution < -0.4 is 5.73 Å². The van der Waals surface area contributed by atoms with Gasteiger partial charge in [0.1, 0.15) is 5.82 Å². The van der Waals surface area contributed by atoms with Gasteiger partial charge in [-0.05, 0) is 58.5 Å². The number of benzene rings is 2. The lowest BCUT2D eigenvalue weighted by molar-refractivity contribution is 0.599. The molecule has 0 heterocycles. The van der Waals surface area contributed by atoms with Gasteiger partial charge in [0, 0.05) is 13.6 Å². The molecule has 0 saturated heterocycles. The zero-order chi connectivity index (χ0) is 12.4. The fourth-order valence-electron chi connectivity index (χ4n) is 1.60. The van der Waals surface area contributed by atoms with Crippen molar-refractivity contribution in [3.8, 4) is 0 Å². The standard InChI is InChI=1S/C13H10BrFIN/c14-9-3-6-12(15)11(7-9)13(17)8-1-4-10(16)5-2-8/h1-7,13H,17H2. The SMILES string of the molecule is NC(c1ccc(I)cc1)c1cc(Br)ccc1F. The summed E-state index contributed by atoms with van der Waals surface area (Å²) in [5.74, 6) is -0.278. The summed E-state index contributed by atoms with van der Waals surface area (Å²) in [7, 11) is 0. The quantitative estimate of drug-likeness (QED) is 0.743. The lowest BCUT2D eigenvalue weighted by atomic mass is 9.99. The maximum Gasteiger partial charge on any atom is 0.128 e. The van der Waals surface area contributed by atoms with Crippen LogP contribution in [0.5, 0.6) is 0 Å². The maximum atomic E-state index is 13.7. The van der Waals surface area contributed by atoms with E-state index in [1.165, 1.54) is 6.07 Å². The Morgan fingerprint density at radius 2 is 1.76 bits per heavy atom. The van der Waals surface area contributed by atoms with E-state index in [1.807, 2.05) is 24.3 Å². The molecule has 1 atom stereocenters. The van der Waals surface area contributed by atoms with Crippen LogP contribution in [0.25, 0.3) is 0 Å². The summed E-state index contributed by atoms with van der Waals surface area (Å²) in [6.07, 6.45) is 0. The predicted molar refractivity (Wildman–Crippen MR) is 79.3 cm³/mol. The Morgan fingerprint density at radius 1 is 1.12 bits per heavy atom. The first kappa shape index (κ1) is 13.0. The second-order valence-corrected chi connectivity index (χ2v) is 5.86. The third-order valence-electron chi connectivity index (χ3n) is 2.52. The van der Waals surface area contributed by atoms with E-state index in [1.54, 1.807) is 12.1 Å². The van der Waals surface area contributed by atoms with E-state index in [0.29, 0.717) is 5.56 Å². The minimum atomic E-state index is -0.440. The summed E-state index contributed by atoms with van der Waals surface area (Å²) in [6.45, 7) is 0. The van der Waals surface area contributed by atoms with Gasteiger partial charge < -0.3 is 5.73 Å². The number of hydrogen-bond donors (Lipinski definition) is 1. The van der Waals surface area contributed by atoms with E-state index >= 15 is 0 Å². The first-order valence-electron chi connectivity index (χ1n) is 5.04. The van der Waals surface area contributed by atoms with Gasteiger partial charge in [-0.1, -0.05) is 28.1 Å². The van der Waals surface area contributed by atoms with Crippen LogP contribution in [-0.4, -0.2) is 0 Å². The van der Waals surface area contributed by atoms with Gasteiger partial charge in [0.15, 0.2) is 0 Å². The average molecular weight is 406 g/mol. The highest BCUT2D eigenvalue weighted by Crippen LogP contribution is 2.25. The largest absolute Gasteiger partial charge is 0.320 e. The van der Waals surface area contributed by atoms with E-state index in [0.717, 1.165) is 13.6 Å². The Morgan fingerprint density at radius 3 is 2.41 bits per heavy atom. The molecular formula is C13H10BrFIN. The van der Waals surface area contributed by atoms with E-state index in [9.17, 15) is 4.39 Å². The van der Waals surface area contributed by atoms with Crippen molar-refractivity contribution >= 4 is 38.5 Å². The Hall–Kier alpha value is -0.460. The number of rotatable bonds is 2. The molecular weight excluding hydrogens is 396 g/mol. The topological polar surface area (TPSA) is 26.0 Å². The van der Waals surface area contributed by atoms with Gasteiger partial charge in [-0.15, -0.1) is 0 Å². The Kier molecular flexibility index (Phi) is 4.17. The molecule has 0 aromatic heterocycles. The van der Waals surface area contributed by atoms with Crippen LogP contribution in [0.15, 0.2) is 46.9 Å². The summed E-state index contributed by atoms with van der Waals surface area (Å²) in [5.41, 5.74) is 7.48. The highest BCUT2D eigenvalue weighted by atomic mass is 127. The fraction of sp³-hybridized carbons (Fsp3) is 0.0769. The average Bonchev–Trinajstić information content (AvgIpc) is 2.32. The van der Waals surface area contributed by atoms with E-state index in [2.05, 4.69) is 38.5 Å². The maximum absolute atomic E-state index is 13.7. The lowest BCUT2D eigenvalue weighted by Crippen LogP contribution is -2.13. The van der Waals surface area contributed by atoms with Crippen molar-refractivity contribution in [2.75, 3.05) is 0 Å². The van der Waals surface area contributed by atoms with Crippen molar-refractivity contribution in [2.45, 2.75) is 6.04 Å². The molecule has 1 nitrogen and oxygen atoms in total. The monoisotopic (exact) mass is 405 g/mol. The highest BCUT2D eigenvalue weighted by molar-refractivity contribution is 14.1. The molecule has 0 spiro atoms. The van der Waals surface area contributed by atoms with Crippen LogP contribution in [0.1, 0.15) is 17.2 Å². The molecule has 88 valence electrons. The summed E-state index contributed by atoms with van der Waals surface area (Å²) in [5, 5.41) is 0. The molecule has 2 aromatic rings. The molecule has 4 heteroatoms. The Balaban J connectivity index is 2.39. The van der Waals surface area contributed by atoms with Crippen molar-refractivity contribution in [1.29, 1.82) is 0 Å². The van der Waals surface area contributed by atoms with Gasteiger partial charge in [-0.2, -0.15) is 0 Å². The molecule has 0 aliphatic heterocycles. The van der Waals surface area contributed by atoms with Crippen LogP contribution in [0.2, 0.25) is 0 Å². The number of nitrogens with two attached hydrogens (primary N) is 1. The minimum Gasteiger partial charge on any atom is -0.320 e. The molecule has 0 radical (unpaired) electrons.